The van der Waals surface area contributed by atoms with Gasteiger partial charge in [-0.1, -0.05) is 36.4 Å². The van der Waals surface area contributed by atoms with Gasteiger partial charge in [-0.15, -0.1) is 0 Å². The number of nitrogens with zero attached hydrogens (tertiary/aromatic N) is 1. The molecule has 0 bridgehead atoms. The number of benzene rings is 2. The van der Waals surface area contributed by atoms with Crippen LogP contribution >= 0.6 is 0 Å². The Bertz CT molecular complexity index is 699. The van der Waals surface area contributed by atoms with Gasteiger partial charge in [0, 0.05) is 13.1 Å². The van der Waals surface area contributed by atoms with Crippen molar-refractivity contribution >= 4 is 5.91 Å². The standard InChI is InChI=1S/C19H21NO3/c1-14(23-18-10-6-5-9-17(18)22-2)19(21)20-12-11-15-7-3-4-8-16(15)13-20/h3-10,14H,11-13H2,1-2H3. The number of fused-ring (bicyclic) bond motifs is 1. The average molecular weight is 311 g/mol. The minimum atomic E-state index is -0.545. The average Bonchev–Trinajstić information content (AvgIpc) is 2.61. The Labute approximate surface area is 136 Å². The Kier molecular flexibility index (Phi) is 4.51. The fourth-order valence-electron chi connectivity index (χ4n) is 2.90. The largest absolute Gasteiger partial charge is 0.493 e. The summed E-state index contributed by atoms with van der Waals surface area (Å²) in [5.74, 6) is 1.23. The molecule has 2 aromatic rings. The second-order valence-electron chi connectivity index (χ2n) is 5.69. The maximum atomic E-state index is 12.7. The Morgan fingerprint density at radius 1 is 1.04 bits per heavy atom. The van der Waals surface area contributed by atoms with Crippen molar-refractivity contribution in [2.45, 2.75) is 26.0 Å². The fourth-order valence-corrected chi connectivity index (χ4v) is 2.90. The molecule has 4 heteroatoms. The molecule has 0 radical (unpaired) electrons. The number of amides is 1. The monoisotopic (exact) mass is 311 g/mol. The van der Waals surface area contributed by atoms with E-state index in [0.717, 1.165) is 13.0 Å². The molecule has 3 rings (SSSR count). The fraction of sp³-hybridized carbons (Fsp3) is 0.316. The summed E-state index contributed by atoms with van der Waals surface area (Å²) in [7, 11) is 1.59. The molecule has 23 heavy (non-hydrogen) atoms. The minimum Gasteiger partial charge on any atom is -0.493 e. The summed E-state index contributed by atoms with van der Waals surface area (Å²) in [4.78, 5) is 14.5. The summed E-state index contributed by atoms with van der Waals surface area (Å²) in [5, 5.41) is 0. The van der Waals surface area contributed by atoms with E-state index in [4.69, 9.17) is 9.47 Å². The zero-order valence-electron chi connectivity index (χ0n) is 13.5. The summed E-state index contributed by atoms with van der Waals surface area (Å²) in [6.07, 6.45) is 0.347. The van der Waals surface area contributed by atoms with Crippen molar-refractivity contribution in [2.24, 2.45) is 0 Å². The van der Waals surface area contributed by atoms with Crippen molar-refractivity contribution in [1.82, 2.24) is 4.90 Å². The summed E-state index contributed by atoms with van der Waals surface area (Å²) in [6, 6.07) is 15.7. The lowest BCUT2D eigenvalue weighted by atomic mass is 9.99. The predicted octanol–water partition coefficient (Wildman–Crippen LogP) is 3.05. The first-order valence-electron chi connectivity index (χ1n) is 7.84. The van der Waals surface area contributed by atoms with Crippen molar-refractivity contribution in [3.05, 3.63) is 59.7 Å². The maximum absolute atomic E-state index is 12.7. The number of para-hydroxylation sites is 2. The summed E-state index contributed by atoms with van der Waals surface area (Å²) in [6.45, 7) is 3.17. The van der Waals surface area contributed by atoms with E-state index in [9.17, 15) is 4.79 Å². The highest BCUT2D eigenvalue weighted by Gasteiger charge is 2.26. The van der Waals surface area contributed by atoms with Crippen LogP contribution in [0.15, 0.2) is 48.5 Å². The molecule has 4 nitrogen and oxygen atoms in total. The molecule has 120 valence electrons. The van der Waals surface area contributed by atoms with Gasteiger partial charge in [0.1, 0.15) is 0 Å². The van der Waals surface area contributed by atoms with Gasteiger partial charge in [0.15, 0.2) is 17.6 Å². The van der Waals surface area contributed by atoms with E-state index in [1.54, 1.807) is 14.0 Å². The molecular weight excluding hydrogens is 290 g/mol. The Morgan fingerprint density at radius 2 is 1.70 bits per heavy atom. The molecule has 1 aliphatic heterocycles. The Balaban J connectivity index is 1.69. The highest BCUT2D eigenvalue weighted by molar-refractivity contribution is 5.81. The summed E-state index contributed by atoms with van der Waals surface area (Å²) < 4.78 is 11.1. The molecule has 1 aliphatic rings. The number of hydrogen-bond acceptors (Lipinski definition) is 3. The lowest BCUT2D eigenvalue weighted by Crippen LogP contribution is -2.43. The highest BCUT2D eigenvalue weighted by Crippen LogP contribution is 2.27. The third kappa shape index (κ3) is 3.31. The third-order valence-electron chi connectivity index (χ3n) is 4.16. The van der Waals surface area contributed by atoms with E-state index in [0.29, 0.717) is 18.0 Å². The molecule has 1 heterocycles. The number of hydrogen-bond donors (Lipinski definition) is 0. The van der Waals surface area contributed by atoms with Crippen LogP contribution in [0.5, 0.6) is 11.5 Å². The van der Waals surface area contributed by atoms with Gasteiger partial charge in [0.25, 0.3) is 5.91 Å². The number of rotatable bonds is 4. The van der Waals surface area contributed by atoms with Crippen LogP contribution in [0.3, 0.4) is 0 Å². The van der Waals surface area contributed by atoms with E-state index in [1.807, 2.05) is 41.3 Å². The smallest absolute Gasteiger partial charge is 0.263 e. The first kappa shape index (κ1) is 15.4. The zero-order valence-corrected chi connectivity index (χ0v) is 13.5. The van der Waals surface area contributed by atoms with Gasteiger partial charge in [-0.3, -0.25) is 4.79 Å². The quantitative estimate of drug-likeness (QED) is 0.871. The van der Waals surface area contributed by atoms with Gasteiger partial charge in [0.05, 0.1) is 7.11 Å². The van der Waals surface area contributed by atoms with Crippen LogP contribution in [0.25, 0.3) is 0 Å². The van der Waals surface area contributed by atoms with Crippen LogP contribution in [0.2, 0.25) is 0 Å². The van der Waals surface area contributed by atoms with Gasteiger partial charge in [0.2, 0.25) is 0 Å². The molecular formula is C19H21NO3. The lowest BCUT2D eigenvalue weighted by molar-refractivity contribution is -0.138. The molecule has 1 amide bonds. The van der Waals surface area contributed by atoms with Crippen molar-refractivity contribution < 1.29 is 14.3 Å². The first-order valence-corrected chi connectivity index (χ1v) is 7.84. The SMILES string of the molecule is COc1ccccc1OC(C)C(=O)N1CCc2ccccc2C1. The highest BCUT2D eigenvalue weighted by atomic mass is 16.5. The van der Waals surface area contributed by atoms with Crippen LogP contribution in [0, 0.1) is 0 Å². The van der Waals surface area contributed by atoms with E-state index >= 15 is 0 Å². The first-order chi connectivity index (χ1) is 11.2. The van der Waals surface area contributed by atoms with Gasteiger partial charge >= 0.3 is 0 Å². The third-order valence-corrected chi connectivity index (χ3v) is 4.16. The molecule has 0 aromatic heterocycles. The molecule has 2 aromatic carbocycles. The molecule has 1 unspecified atom stereocenters. The zero-order chi connectivity index (χ0) is 16.2. The van der Waals surface area contributed by atoms with Crippen molar-refractivity contribution in [3.8, 4) is 11.5 Å². The van der Waals surface area contributed by atoms with Gasteiger partial charge in [-0.2, -0.15) is 0 Å². The molecule has 0 aliphatic carbocycles. The van der Waals surface area contributed by atoms with E-state index in [-0.39, 0.29) is 5.91 Å². The number of carbonyl (C=O) groups is 1. The predicted molar refractivity (Wildman–Crippen MR) is 88.6 cm³/mol. The maximum Gasteiger partial charge on any atom is 0.263 e. The van der Waals surface area contributed by atoms with Crippen LogP contribution < -0.4 is 9.47 Å². The second-order valence-corrected chi connectivity index (χ2v) is 5.69. The normalized spacial score (nSPS) is 14.8. The molecule has 0 saturated heterocycles. The molecule has 0 fully saturated rings. The topological polar surface area (TPSA) is 38.8 Å². The van der Waals surface area contributed by atoms with Crippen LogP contribution in [0.4, 0.5) is 0 Å². The summed E-state index contributed by atoms with van der Waals surface area (Å²) >= 11 is 0. The van der Waals surface area contributed by atoms with Crippen molar-refractivity contribution in [2.75, 3.05) is 13.7 Å². The van der Waals surface area contributed by atoms with E-state index < -0.39 is 6.10 Å². The van der Waals surface area contributed by atoms with E-state index in [2.05, 4.69) is 12.1 Å². The van der Waals surface area contributed by atoms with Gasteiger partial charge in [-0.05, 0) is 36.6 Å². The lowest BCUT2D eigenvalue weighted by Gasteiger charge is -2.31. The molecule has 0 saturated carbocycles. The number of carbonyl (C=O) groups excluding carboxylic acids is 1. The molecule has 1 atom stereocenters. The van der Waals surface area contributed by atoms with E-state index in [1.165, 1.54) is 11.1 Å². The number of ether oxygens (including phenoxy) is 2. The Morgan fingerprint density at radius 3 is 2.43 bits per heavy atom. The summed E-state index contributed by atoms with van der Waals surface area (Å²) in [5.41, 5.74) is 2.55. The van der Waals surface area contributed by atoms with Crippen LogP contribution in [0.1, 0.15) is 18.1 Å². The second kappa shape index (κ2) is 6.73. The van der Waals surface area contributed by atoms with Crippen LogP contribution in [-0.4, -0.2) is 30.6 Å². The molecule has 0 spiro atoms. The van der Waals surface area contributed by atoms with Crippen molar-refractivity contribution in [3.63, 3.8) is 0 Å². The number of methoxy groups -OCH3 is 1. The Hall–Kier alpha value is -2.49. The van der Waals surface area contributed by atoms with Crippen LogP contribution in [-0.2, 0) is 17.8 Å². The van der Waals surface area contributed by atoms with Crippen molar-refractivity contribution in [1.29, 1.82) is 0 Å². The minimum absolute atomic E-state index is 0.00501. The van der Waals surface area contributed by atoms with Gasteiger partial charge < -0.3 is 14.4 Å². The van der Waals surface area contributed by atoms with Gasteiger partial charge in [-0.25, -0.2) is 0 Å². The molecule has 0 N–H and O–H groups in total.